The van der Waals surface area contributed by atoms with E-state index in [1.165, 1.54) is 14.0 Å². The van der Waals surface area contributed by atoms with Gasteiger partial charge in [-0.05, 0) is 26.7 Å². The van der Waals surface area contributed by atoms with Gasteiger partial charge in [0.25, 0.3) is 0 Å². The number of ether oxygens (including phenoxy) is 4. The fourth-order valence-corrected chi connectivity index (χ4v) is 3.80. The van der Waals surface area contributed by atoms with Gasteiger partial charge < -0.3 is 24.1 Å². The fourth-order valence-electron chi connectivity index (χ4n) is 3.80. The molecule has 0 unspecified atom stereocenters. The van der Waals surface area contributed by atoms with Crippen molar-refractivity contribution in [2.75, 3.05) is 7.11 Å². The summed E-state index contributed by atoms with van der Waals surface area (Å²) in [6.07, 6.45) is -1.53. The second kappa shape index (κ2) is 7.18. The van der Waals surface area contributed by atoms with Gasteiger partial charge >= 0.3 is 17.9 Å². The van der Waals surface area contributed by atoms with Crippen LogP contribution in [0.5, 0.6) is 0 Å². The second-order valence-corrected chi connectivity index (χ2v) is 7.56. The number of allylic oxidation sites excluding steroid dienone is 1. The van der Waals surface area contributed by atoms with Crippen molar-refractivity contribution in [1.29, 1.82) is 0 Å². The Bertz CT molecular complexity index is 781. The molecule has 0 aromatic carbocycles. The Morgan fingerprint density at radius 2 is 2.07 bits per heavy atom. The summed E-state index contributed by atoms with van der Waals surface area (Å²) in [6.45, 7) is 10.6. The number of methoxy groups -OCH3 is 1. The molecule has 1 aliphatic carbocycles. The molecule has 0 amide bonds. The minimum atomic E-state index is -1.47. The Balaban J connectivity index is 2.06. The lowest BCUT2D eigenvalue weighted by molar-refractivity contribution is -0.154. The number of fused-ring (bicyclic) bond motifs is 3. The predicted octanol–water partition coefficient (Wildman–Crippen LogP) is 0.984. The normalized spacial score (nSPS) is 38.9. The molecule has 3 aliphatic rings. The van der Waals surface area contributed by atoms with Crippen LogP contribution in [0.25, 0.3) is 0 Å². The van der Waals surface area contributed by atoms with Crippen molar-refractivity contribution in [3.63, 3.8) is 0 Å². The number of carbonyl (C=O) groups excluding carboxylic acids is 3. The van der Waals surface area contributed by atoms with Gasteiger partial charge in [0.2, 0.25) is 0 Å². The van der Waals surface area contributed by atoms with Crippen molar-refractivity contribution < 1.29 is 38.4 Å². The summed E-state index contributed by atoms with van der Waals surface area (Å²) in [5.74, 6) is -3.09. The molecule has 0 saturated carbocycles. The molecule has 0 bridgehead atoms. The second-order valence-electron chi connectivity index (χ2n) is 7.56. The highest BCUT2D eigenvalue weighted by Crippen LogP contribution is 2.50. The van der Waals surface area contributed by atoms with Crippen molar-refractivity contribution in [3.05, 3.63) is 36.0 Å². The zero-order valence-electron chi connectivity index (χ0n) is 16.1. The minimum absolute atomic E-state index is 0.0156. The van der Waals surface area contributed by atoms with Gasteiger partial charge in [0.05, 0.1) is 24.2 Å². The monoisotopic (exact) mass is 392 g/mol. The summed E-state index contributed by atoms with van der Waals surface area (Å²) >= 11 is 0. The molecule has 8 nitrogen and oxygen atoms in total. The number of carbonyl (C=O) groups is 3. The maximum Gasteiger partial charge on any atom is 0.337 e. The van der Waals surface area contributed by atoms with E-state index in [2.05, 4.69) is 13.2 Å². The van der Waals surface area contributed by atoms with Gasteiger partial charge in [-0.2, -0.15) is 0 Å². The minimum Gasteiger partial charge on any atom is -0.466 e. The smallest absolute Gasteiger partial charge is 0.337 e. The third kappa shape index (κ3) is 3.38. The maximum absolute atomic E-state index is 12.4. The van der Waals surface area contributed by atoms with Crippen molar-refractivity contribution in [3.8, 4) is 0 Å². The van der Waals surface area contributed by atoms with Crippen LogP contribution in [-0.2, 0) is 33.3 Å². The lowest BCUT2D eigenvalue weighted by Crippen LogP contribution is -2.46. The number of epoxide rings is 1. The van der Waals surface area contributed by atoms with Crippen LogP contribution in [0.1, 0.15) is 26.7 Å². The third-order valence-electron chi connectivity index (χ3n) is 5.49. The molecule has 0 aromatic heterocycles. The summed E-state index contributed by atoms with van der Waals surface area (Å²) in [5.41, 5.74) is -0.428. The molecule has 0 radical (unpaired) electrons. The summed E-state index contributed by atoms with van der Waals surface area (Å²) in [6, 6.07) is 0. The van der Waals surface area contributed by atoms with E-state index in [1.54, 1.807) is 6.08 Å². The van der Waals surface area contributed by atoms with Crippen molar-refractivity contribution >= 4 is 17.9 Å². The van der Waals surface area contributed by atoms with Gasteiger partial charge in [-0.25, -0.2) is 14.4 Å². The van der Waals surface area contributed by atoms with Crippen molar-refractivity contribution in [2.24, 2.45) is 5.92 Å². The molecular formula is C20H24O8. The van der Waals surface area contributed by atoms with Gasteiger partial charge in [-0.3, -0.25) is 0 Å². The van der Waals surface area contributed by atoms with Crippen LogP contribution in [0.3, 0.4) is 0 Å². The quantitative estimate of drug-likeness (QED) is 0.327. The lowest BCUT2D eigenvalue weighted by Gasteiger charge is -2.31. The highest BCUT2D eigenvalue weighted by Gasteiger charge is 2.64. The van der Waals surface area contributed by atoms with Gasteiger partial charge in [0.1, 0.15) is 18.3 Å². The Hall–Kier alpha value is -2.45. The molecule has 152 valence electrons. The fraction of sp³-hybridized carbons (Fsp3) is 0.550. The van der Waals surface area contributed by atoms with Gasteiger partial charge in [-0.1, -0.05) is 19.2 Å². The average molecular weight is 392 g/mol. The van der Waals surface area contributed by atoms with Gasteiger partial charge in [-0.15, -0.1) is 0 Å². The number of aliphatic hydroxyl groups is 1. The molecule has 3 rings (SSSR count). The summed E-state index contributed by atoms with van der Waals surface area (Å²) in [5, 5.41) is 11.1. The number of esters is 3. The maximum atomic E-state index is 12.4. The summed E-state index contributed by atoms with van der Waals surface area (Å²) in [7, 11) is 1.19. The van der Waals surface area contributed by atoms with Crippen LogP contribution >= 0.6 is 0 Å². The zero-order valence-corrected chi connectivity index (χ0v) is 16.1. The van der Waals surface area contributed by atoms with Crippen LogP contribution in [0.4, 0.5) is 0 Å². The van der Waals surface area contributed by atoms with E-state index in [0.29, 0.717) is 12.8 Å². The van der Waals surface area contributed by atoms with Crippen molar-refractivity contribution in [2.45, 2.75) is 56.7 Å². The van der Waals surface area contributed by atoms with Gasteiger partial charge in [0.15, 0.2) is 6.10 Å². The number of rotatable bonds is 3. The Morgan fingerprint density at radius 1 is 1.39 bits per heavy atom. The van der Waals surface area contributed by atoms with Crippen LogP contribution in [0.15, 0.2) is 36.0 Å². The molecule has 2 heterocycles. The first-order chi connectivity index (χ1) is 13.1. The highest BCUT2D eigenvalue weighted by atomic mass is 16.6. The van der Waals surface area contributed by atoms with Crippen LogP contribution in [0.2, 0.25) is 0 Å². The van der Waals surface area contributed by atoms with Crippen LogP contribution in [0, 0.1) is 5.92 Å². The molecule has 0 aromatic rings. The lowest BCUT2D eigenvalue weighted by atomic mass is 9.80. The van der Waals surface area contributed by atoms with E-state index in [1.807, 2.05) is 6.92 Å². The first-order valence-corrected chi connectivity index (χ1v) is 9.01. The number of hydrogen-bond acceptors (Lipinski definition) is 8. The van der Waals surface area contributed by atoms with Crippen LogP contribution < -0.4 is 0 Å². The summed E-state index contributed by atoms with van der Waals surface area (Å²) in [4.78, 5) is 36.7. The largest absolute Gasteiger partial charge is 0.466 e. The first kappa shape index (κ1) is 20.3. The third-order valence-corrected chi connectivity index (χ3v) is 5.49. The molecule has 2 saturated heterocycles. The van der Waals surface area contributed by atoms with E-state index < -0.39 is 53.8 Å². The van der Waals surface area contributed by atoms with Gasteiger partial charge in [0, 0.05) is 11.1 Å². The molecule has 0 spiro atoms. The Kier molecular flexibility index (Phi) is 5.20. The Labute approximate surface area is 162 Å². The van der Waals surface area contributed by atoms with E-state index in [4.69, 9.17) is 18.9 Å². The van der Waals surface area contributed by atoms with E-state index in [9.17, 15) is 19.5 Å². The summed E-state index contributed by atoms with van der Waals surface area (Å²) < 4.78 is 21.4. The molecule has 2 aliphatic heterocycles. The number of hydrogen-bond donors (Lipinski definition) is 1. The molecule has 2 fully saturated rings. The standard InChI is InChI=1S/C20H24O8/c1-9(2)17(22)26-14-11(19(24)25-5)7-6-8-20(4)16(28-20)15-12(13(14)21)10(3)18(23)27-15/h7,12-16,21H,1,3,6,8H2,2,4-5H3/b11-7+/t12-,13+,14+,15+,16-,20-/m1/s1. The molecule has 28 heavy (non-hydrogen) atoms. The number of aliphatic hydroxyl groups excluding tert-OH is 1. The van der Waals surface area contributed by atoms with E-state index in [-0.39, 0.29) is 16.7 Å². The van der Waals surface area contributed by atoms with E-state index >= 15 is 0 Å². The molecule has 8 heteroatoms. The molecule has 1 N–H and O–H groups in total. The SMILES string of the molecule is C=C(C)C(=O)O[C@H]1/C(C(=O)OC)=C\CC[C@@]2(C)O[C@@H]2[C@H]2OC(=O)C(=C)[C@@H]2[C@@H]1O. The van der Waals surface area contributed by atoms with Crippen molar-refractivity contribution in [1.82, 2.24) is 0 Å². The van der Waals surface area contributed by atoms with E-state index in [0.717, 1.165) is 0 Å². The first-order valence-electron chi connectivity index (χ1n) is 9.01. The zero-order chi connectivity index (χ0) is 20.8. The molecular weight excluding hydrogens is 368 g/mol. The predicted molar refractivity (Wildman–Crippen MR) is 95.8 cm³/mol. The Morgan fingerprint density at radius 3 is 2.68 bits per heavy atom. The molecule has 6 atom stereocenters. The average Bonchev–Trinajstić information content (AvgIpc) is 3.22. The topological polar surface area (TPSA) is 112 Å². The van der Waals surface area contributed by atoms with Crippen LogP contribution in [-0.4, -0.2) is 60.1 Å². The highest BCUT2D eigenvalue weighted by molar-refractivity contribution is 5.93.